The van der Waals surface area contributed by atoms with Gasteiger partial charge < -0.3 is 10.4 Å². The molecule has 0 aliphatic carbocycles. The van der Waals surface area contributed by atoms with Crippen molar-refractivity contribution in [3.63, 3.8) is 0 Å². The highest BCUT2D eigenvalue weighted by Gasteiger charge is 2.25. The van der Waals surface area contributed by atoms with E-state index in [4.69, 9.17) is 16.7 Å². The Morgan fingerprint density at radius 1 is 1.11 bits per heavy atom. The van der Waals surface area contributed by atoms with E-state index in [1.54, 1.807) is 43.5 Å². The van der Waals surface area contributed by atoms with Crippen LogP contribution in [0.15, 0.2) is 71.9 Å². The Hall–Kier alpha value is -4.17. The van der Waals surface area contributed by atoms with Crippen molar-refractivity contribution < 1.29 is 18.7 Å². The monoisotopic (exact) mass is 492 g/mol. The zero-order chi connectivity index (χ0) is 25.1. The number of carbonyl (C=O) groups is 1. The number of aromatic nitrogens is 2. The molecule has 0 aliphatic heterocycles. The average Bonchev–Trinajstić information content (AvgIpc) is 2.83. The molecule has 3 aromatic carbocycles. The van der Waals surface area contributed by atoms with Crippen molar-refractivity contribution in [2.24, 2.45) is 4.99 Å². The molecule has 4 aromatic rings. The Balaban J connectivity index is 1.79. The van der Waals surface area contributed by atoms with Crippen molar-refractivity contribution in [1.82, 2.24) is 9.97 Å². The molecule has 9 heteroatoms. The molecule has 6 nitrogen and oxygen atoms in total. The molecule has 0 aliphatic rings. The maximum Gasteiger partial charge on any atom is 0.335 e. The van der Waals surface area contributed by atoms with Crippen molar-refractivity contribution in [1.29, 1.82) is 0 Å². The maximum atomic E-state index is 14.6. The summed E-state index contributed by atoms with van der Waals surface area (Å²) in [7, 11) is 0. The van der Waals surface area contributed by atoms with E-state index in [9.17, 15) is 13.6 Å². The van der Waals surface area contributed by atoms with Crippen LogP contribution >= 0.6 is 11.6 Å². The van der Waals surface area contributed by atoms with Gasteiger partial charge in [-0.3, -0.25) is 4.99 Å². The van der Waals surface area contributed by atoms with Crippen LogP contribution in [0.2, 0.25) is 5.02 Å². The summed E-state index contributed by atoms with van der Waals surface area (Å²) >= 11 is 6.25. The van der Waals surface area contributed by atoms with Gasteiger partial charge in [-0.05, 0) is 73.3 Å². The van der Waals surface area contributed by atoms with Gasteiger partial charge in [-0.25, -0.2) is 23.5 Å². The standard InChI is InChI=1S/C26H19ClF2N4O2/c1-14-13-31-26(32-17-9-6-15(7-10-17)25(34)35)33-23(14)18-11-8-16(27)12-19(18)24(30-2)22-20(28)4-3-5-21(22)29/h3-13,24H,2H2,1H3,(H,34,35)(H,31,32,33). The Labute approximate surface area is 205 Å². The van der Waals surface area contributed by atoms with Gasteiger partial charge in [0.15, 0.2) is 0 Å². The van der Waals surface area contributed by atoms with Crippen molar-refractivity contribution in [2.45, 2.75) is 13.0 Å². The van der Waals surface area contributed by atoms with Gasteiger partial charge in [-0.2, -0.15) is 0 Å². The first-order valence-corrected chi connectivity index (χ1v) is 10.8. The molecule has 0 saturated heterocycles. The number of aliphatic imine (C=N–C) groups is 1. The number of hydrogen-bond acceptors (Lipinski definition) is 5. The molecule has 1 atom stereocenters. The predicted octanol–water partition coefficient (Wildman–Crippen LogP) is 6.62. The van der Waals surface area contributed by atoms with Gasteiger partial charge in [0.05, 0.1) is 16.8 Å². The fourth-order valence-corrected chi connectivity index (χ4v) is 3.87. The van der Waals surface area contributed by atoms with E-state index < -0.39 is 23.6 Å². The van der Waals surface area contributed by atoms with Gasteiger partial charge in [0, 0.05) is 22.5 Å². The second-order valence-corrected chi connectivity index (χ2v) is 8.12. The van der Waals surface area contributed by atoms with Gasteiger partial charge in [0.25, 0.3) is 0 Å². The van der Waals surface area contributed by atoms with Crippen molar-refractivity contribution >= 4 is 35.9 Å². The number of benzene rings is 3. The molecule has 176 valence electrons. The summed E-state index contributed by atoms with van der Waals surface area (Å²) in [5.41, 5.74) is 2.68. The van der Waals surface area contributed by atoms with Crippen molar-refractivity contribution in [2.75, 3.05) is 5.32 Å². The van der Waals surface area contributed by atoms with Crippen molar-refractivity contribution in [3.8, 4) is 11.3 Å². The lowest BCUT2D eigenvalue weighted by molar-refractivity contribution is 0.0697. The maximum absolute atomic E-state index is 14.6. The van der Waals surface area contributed by atoms with Gasteiger partial charge in [0.1, 0.15) is 17.7 Å². The second-order valence-electron chi connectivity index (χ2n) is 7.68. The van der Waals surface area contributed by atoms with Crippen LogP contribution in [0.25, 0.3) is 11.3 Å². The number of anilines is 2. The molecule has 1 unspecified atom stereocenters. The second kappa shape index (κ2) is 9.99. The number of aromatic carboxylic acids is 1. The van der Waals surface area contributed by atoms with E-state index in [2.05, 4.69) is 27.0 Å². The third-order valence-corrected chi connectivity index (χ3v) is 5.61. The van der Waals surface area contributed by atoms with E-state index in [-0.39, 0.29) is 17.1 Å². The number of carboxylic acids is 1. The quantitative estimate of drug-likeness (QED) is 0.283. The van der Waals surface area contributed by atoms with Gasteiger partial charge in [-0.15, -0.1) is 0 Å². The SMILES string of the molecule is C=NC(c1cc(Cl)ccc1-c1nc(Nc2ccc(C(=O)O)cc2)ncc1C)c1c(F)cccc1F. The summed E-state index contributed by atoms with van der Waals surface area (Å²) < 4.78 is 29.3. The van der Waals surface area contributed by atoms with E-state index in [0.717, 1.165) is 12.1 Å². The summed E-state index contributed by atoms with van der Waals surface area (Å²) in [6.07, 6.45) is 1.61. The number of hydrogen-bond donors (Lipinski definition) is 2. The average molecular weight is 493 g/mol. The first-order valence-electron chi connectivity index (χ1n) is 10.4. The first-order chi connectivity index (χ1) is 16.8. The Morgan fingerprint density at radius 3 is 2.43 bits per heavy atom. The first kappa shape index (κ1) is 24.0. The number of nitrogens with zero attached hydrogens (tertiary/aromatic N) is 3. The number of halogens is 3. The van der Waals surface area contributed by atoms with E-state index >= 15 is 0 Å². The smallest absolute Gasteiger partial charge is 0.335 e. The van der Waals surface area contributed by atoms with E-state index in [0.29, 0.717) is 33.1 Å². The molecule has 0 amide bonds. The molecular formula is C26H19ClF2N4O2. The number of rotatable bonds is 7. The summed E-state index contributed by atoms with van der Waals surface area (Å²) in [6, 6.07) is 13.6. The Kier molecular flexibility index (Phi) is 6.84. The predicted molar refractivity (Wildman–Crippen MR) is 132 cm³/mol. The van der Waals surface area contributed by atoms with Crippen LogP contribution in [0.3, 0.4) is 0 Å². The minimum atomic E-state index is -1.07. The van der Waals surface area contributed by atoms with Crippen LogP contribution in [-0.2, 0) is 0 Å². The molecule has 2 N–H and O–H groups in total. The highest BCUT2D eigenvalue weighted by atomic mass is 35.5. The van der Waals surface area contributed by atoms with Crippen LogP contribution in [0.1, 0.15) is 33.1 Å². The summed E-state index contributed by atoms with van der Waals surface area (Å²) in [6.45, 7) is 5.37. The zero-order valence-electron chi connectivity index (χ0n) is 18.5. The topological polar surface area (TPSA) is 87.5 Å². The van der Waals surface area contributed by atoms with Crippen LogP contribution in [0.4, 0.5) is 20.4 Å². The van der Waals surface area contributed by atoms with Gasteiger partial charge in [0.2, 0.25) is 5.95 Å². The summed E-state index contributed by atoms with van der Waals surface area (Å²) in [5, 5.41) is 12.5. The Morgan fingerprint density at radius 2 is 1.80 bits per heavy atom. The molecule has 35 heavy (non-hydrogen) atoms. The number of aryl methyl sites for hydroxylation is 1. The van der Waals surface area contributed by atoms with Crippen LogP contribution in [0.5, 0.6) is 0 Å². The highest BCUT2D eigenvalue weighted by Crippen LogP contribution is 2.38. The molecule has 0 fully saturated rings. The Bertz CT molecular complexity index is 1410. The molecular weight excluding hydrogens is 474 g/mol. The minimum absolute atomic E-state index is 0.148. The summed E-state index contributed by atoms with van der Waals surface area (Å²) in [4.78, 5) is 24.0. The lowest BCUT2D eigenvalue weighted by Gasteiger charge is -2.19. The fraction of sp³-hybridized carbons (Fsp3) is 0.0769. The molecule has 1 aromatic heterocycles. The van der Waals surface area contributed by atoms with Gasteiger partial charge >= 0.3 is 5.97 Å². The molecule has 0 radical (unpaired) electrons. The minimum Gasteiger partial charge on any atom is -0.478 e. The third kappa shape index (κ3) is 5.02. The van der Waals surface area contributed by atoms with E-state index in [1.807, 2.05) is 0 Å². The molecule has 4 rings (SSSR count). The van der Waals surface area contributed by atoms with Crippen molar-refractivity contribution in [3.05, 3.63) is 106 Å². The molecule has 1 heterocycles. The number of carboxylic acid groups (broad SMARTS) is 1. The lowest BCUT2D eigenvalue weighted by Crippen LogP contribution is -2.07. The van der Waals surface area contributed by atoms with E-state index in [1.165, 1.54) is 18.2 Å². The fourth-order valence-electron chi connectivity index (χ4n) is 3.69. The highest BCUT2D eigenvalue weighted by molar-refractivity contribution is 6.30. The van der Waals surface area contributed by atoms with Crippen LogP contribution < -0.4 is 5.32 Å². The molecule has 0 spiro atoms. The lowest BCUT2D eigenvalue weighted by atomic mass is 9.91. The largest absolute Gasteiger partial charge is 0.478 e. The van der Waals surface area contributed by atoms with Gasteiger partial charge in [-0.1, -0.05) is 23.7 Å². The normalized spacial score (nSPS) is 11.7. The molecule has 0 bridgehead atoms. The van der Waals surface area contributed by atoms with Crippen LogP contribution in [-0.4, -0.2) is 27.8 Å². The third-order valence-electron chi connectivity index (χ3n) is 5.38. The molecule has 0 saturated carbocycles. The summed E-state index contributed by atoms with van der Waals surface area (Å²) in [5.74, 6) is -2.29. The van der Waals surface area contributed by atoms with Crippen LogP contribution in [0, 0.1) is 18.6 Å². The number of nitrogens with one attached hydrogen (secondary N) is 1. The zero-order valence-corrected chi connectivity index (χ0v) is 19.2.